The van der Waals surface area contributed by atoms with Gasteiger partial charge in [0.05, 0.1) is 24.8 Å². The van der Waals surface area contributed by atoms with Crippen LogP contribution in [0.2, 0.25) is 0 Å². The minimum absolute atomic E-state index is 0.391. The molecule has 1 aromatic rings. The van der Waals surface area contributed by atoms with E-state index in [-0.39, 0.29) is 0 Å². The van der Waals surface area contributed by atoms with Crippen molar-refractivity contribution in [2.45, 2.75) is 25.1 Å². The van der Waals surface area contributed by atoms with Gasteiger partial charge in [-0.25, -0.2) is 0 Å². The van der Waals surface area contributed by atoms with Crippen LogP contribution in [0.25, 0.3) is 0 Å². The monoisotopic (exact) mass is 298 g/mol. The Morgan fingerprint density at radius 3 is 2.24 bits per heavy atom. The lowest BCUT2D eigenvalue weighted by Gasteiger charge is -2.38. The quantitative estimate of drug-likeness (QED) is 0.861. The summed E-state index contributed by atoms with van der Waals surface area (Å²) >= 11 is 0. The molecule has 1 aliphatic rings. The topological polar surface area (TPSA) is 36.3 Å². The third-order valence-corrected chi connectivity index (χ3v) is 3.78. The first kappa shape index (κ1) is 15.8. The van der Waals surface area contributed by atoms with Crippen molar-refractivity contribution in [1.29, 1.82) is 5.26 Å². The van der Waals surface area contributed by atoms with Gasteiger partial charge in [0.15, 0.2) is 0 Å². The molecule has 1 fully saturated rings. The largest absolute Gasteiger partial charge is 0.416 e. The minimum Gasteiger partial charge on any atom is -0.379 e. The summed E-state index contributed by atoms with van der Waals surface area (Å²) in [7, 11) is 0. The zero-order valence-electron chi connectivity index (χ0n) is 11.8. The van der Waals surface area contributed by atoms with Crippen LogP contribution in [0, 0.1) is 11.3 Å². The van der Waals surface area contributed by atoms with Crippen molar-refractivity contribution < 1.29 is 17.9 Å². The molecule has 0 spiro atoms. The van der Waals surface area contributed by atoms with E-state index in [0.29, 0.717) is 32.7 Å². The number of rotatable bonds is 3. The molecular weight excluding hydrogens is 281 g/mol. The second-order valence-corrected chi connectivity index (χ2v) is 5.36. The molecular formula is C15H17F3N2O. The van der Waals surface area contributed by atoms with Crippen LogP contribution in [-0.4, -0.2) is 36.7 Å². The van der Waals surface area contributed by atoms with Gasteiger partial charge in [0, 0.05) is 19.5 Å². The molecule has 1 unspecified atom stereocenters. The van der Waals surface area contributed by atoms with Gasteiger partial charge in [0.1, 0.15) is 5.54 Å². The van der Waals surface area contributed by atoms with Gasteiger partial charge in [-0.05, 0) is 24.6 Å². The second-order valence-electron chi connectivity index (χ2n) is 5.36. The maximum absolute atomic E-state index is 12.5. The van der Waals surface area contributed by atoms with E-state index in [1.54, 1.807) is 0 Å². The van der Waals surface area contributed by atoms with Gasteiger partial charge in [-0.1, -0.05) is 12.1 Å². The molecule has 1 aliphatic heterocycles. The molecule has 0 amide bonds. The summed E-state index contributed by atoms with van der Waals surface area (Å²) in [6, 6.07) is 7.30. The number of morpholine rings is 1. The molecule has 6 heteroatoms. The number of alkyl halides is 3. The third-order valence-electron chi connectivity index (χ3n) is 3.78. The predicted molar refractivity (Wildman–Crippen MR) is 71.6 cm³/mol. The zero-order valence-corrected chi connectivity index (χ0v) is 11.8. The summed E-state index contributed by atoms with van der Waals surface area (Å²) in [4.78, 5) is 2.02. The highest BCUT2D eigenvalue weighted by atomic mass is 19.4. The van der Waals surface area contributed by atoms with Gasteiger partial charge in [-0.3, -0.25) is 4.90 Å². The summed E-state index contributed by atoms with van der Waals surface area (Å²) < 4.78 is 42.9. The van der Waals surface area contributed by atoms with E-state index < -0.39 is 17.3 Å². The summed E-state index contributed by atoms with van der Waals surface area (Å²) in [6.45, 7) is 4.28. The third kappa shape index (κ3) is 3.74. The van der Waals surface area contributed by atoms with Crippen LogP contribution in [0.3, 0.4) is 0 Å². The minimum atomic E-state index is -4.33. The average molecular weight is 298 g/mol. The highest BCUT2D eigenvalue weighted by molar-refractivity contribution is 5.27. The number of hydrogen-bond donors (Lipinski definition) is 0. The van der Waals surface area contributed by atoms with Gasteiger partial charge in [0.2, 0.25) is 0 Å². The molecule has 0 radical (unpaired) electrons. The molecule has 21 heavy (non-hydrogen) atoms. The summed E-state index contributed by atoms with van der Waals surface area (Å²) in [6.07, 6.45) is -3.94. The van der Waals surface area contributed by atoms with E-state index >= 15 is 0 Å². The Morgan fingerprint density at radius 1 is 1.19 bits per heavy atom. The van der Waals surface area contributed by atoms with Crippen molar-refractivity contribution >= 4 is 0 Å². The van der Waals surface area contributed by atoms with Crippen LogP contribution in [0.5, 0.6) is 0 Å². The molecule has 0 saturated carbocycles. The van der Waals surface area contributed by atoms with E-state index in [1.807, 2.05) is 11.8 Å². The normalized spacial score (nSPS) is 19.8. The first-order chi connectivity index (χ1) is 9.85. The van der Waals surface area contributed by atoms with Crippen molar-refractivity contribution in [3.8, 4) is 6.07 Å². The molecule has 3 nitrogen and oxygen atoms in total. The van der Waals surface area contributed by atoms with Crippen molar-refractivity contribution in [2.24, 2.45) is 0 Å². The number of halogens is 3. The van der Waals surface area contributed by atoms with Crippen LogP contribution in [-0.2, 0) is 17.3 Å². The Bertz CT molecular complexity index is 515. The Kier molecular flexibility index (Phi) is 4.55. The maximum atomic E-state index is 12.5. The standard InChI is InChI=1S/C15H17F3N2O/c1-14(11-19,20-6-8-21-9-7-20)10-12-2-4-13(5-3-12)15(16,17)18/h2-5H,6-10H2,1H3. The smallest absolute Gasteiger partial charge is 0.379 e. The summed E-state index contributed by atoms with van der Waals surface area (Å²) in [5, 5.41) is 9.47. The Labute approximate surface area is 121 Å². The van der Waals surface area contributed by atoms with E-state index in [4.69, 9.17) is 4.74 Å². The summed E-state index contributed by atoms with van der Waals surface area (Å²) in [5.41, 5.74) is -0.682. The molecule has 1 saturated heterocycles. The van der Waals surface area contributed by atoms with Crippen molar-refractivity contribution in [3.63, 3.8) is 0 Å². The Hall–Kier alpha value is -1.58. The fourth-order valence-electron chi connectivity index (χ4n) is 2.49. The highest BCUT2D eigenvalue weighted by Crippen LogP contribution is 2.30. The highest BCUT2D eigenvalue weighted by Gasteiger charge is 2.34. The van der Waals surface area contributed by atoms with E-state index in [0.717, 1.165) is 17.7 Å². The molecule has 0 bridgehead atoms. The average Bonchev–Trinajstić information content (AvgIpc) is 2.47. The number of nitriles is 1. The Balaban J connectivity index is 2.13. The first-order valence-electron chi connectivity index (χ1n) is 6.75. The predicted octanol–water partition coefficient (Wildman–Crippen LogP) is 2.86. The number of benzene rings is 1. The van der Waals surface area contributed by atoms with Crippen LogP contribution in [0.15, 0.2) is 24.3 Å². The lowest BCUT2D eigenvalue weighted by Crippen LogP contribution is -2.52. The number of hydrogen-bond acceptors (Lipinski definition) is 3. The molecule has 1 aromatic carbocycles. The number of nitrogens with zero attached hydrogens (tertiary/aromatic N) is 2. The molecule has 114 valence electrons. The summed E-state index contributed by atoms with van der Waals surface area (Å²) in [5.74, 6) is 0. The molecule has 2 rings (SSSR count). The van der Waals surface area contributed by atoms with Gasteiger partial charge in [-0.15, -0.1) is 0 Å². The molecule has 1 heterocycles. The fourth-order valence-corrected chi connectivity index (χ4v) is 2.49. The zero-order chi connectivity index (χ0) is 15.5. The van der Waals surface area contributed by atoms with Crippen LogP contribution < -0.4 is 0 Å². The van der Waals surface area contributed by atoms with Gasteiger partial charge >= 0.3 is 6.18 Å². The maximum Gasteiger partial charge on any atom is 0.416 e. The molecule has 1 atom stereocenters. The van der Waals surface area contributed by atoms with E-state index in [1.165, 1.54) is 12.1 Å². The van der Waals surface area contributed by atoms with Gasteiger partial charge in [-0.2, -0.15) is 18.4 Å². The molecule has 0 aliphatic carbocycles. The van der Waals surface area contributed by atoms with Crippen molar-refractivity contribution in [1.82, 2.24) is 4.90 Å². The van der Waals surface area contributed by atoms with Crippen molar-refractivity contribution in [2.75, 3.05) is 26.3 Å². The first-order valence-corrected chi connectivity index (χ1v) is 6.75. The van der Waals surface area contributed by atoms with Gasteiger partial charge in [0.25, 0.3) is 0 Å². The fraction of sp³-hybridized carbons (Fsp3) is 0.533. The van der Waals surface area contributed by atoms with Crippen molar-refractivity contribution in [3.05, 3.63) is 35.4 Å². The molecule has 0 N–H and O–H groups in total. The Morgan fingerprint density at radius 2 is 1.76 bits per heavy atom. The second kappa shape index (κ2) is 6.04. The van der Waals surface area contributed by atoms with Crippen LogP contribution >= 0.6 is 0 Å². The van der Waals surface area contributed by atoms with Gasteiger partial charge < -0.3 is 4.74 Å². The van der Waals surface area contributed by atoms with Crippen LogP contribution in [0.4, 0.5) is 13.2 Å². The van der Waals surface area contributed by atoms with Crippen LogP contribution in [0.1, 0.15) is 18.1 Å². The van der Waals surface area contributed by atoms with E-state index in [2.05, 4.69) is 6.07 Å². The number of ether oxygens (including phenoxy) is 1. The molecule has 0 aromatic heterocycles. The lowest BCUT2D eigenvalue weighted by atomic mass is 9.91. The SMILES string of the molecule is CC(C#N)(Cc1ccc(C(F)(F)F)cc1)N1CCOCC1. The van der Waals surface area contributed by atoms with E-state index in [9.17, 15) is 18.4 Å². The lowest BCUT2D eigenvalue weighted by molar-refractivity contribution is -0.137.